The molecule has 0 radical (unpaired) electrons. The molecule has 4 saturated carbocycles. The quantitative estimate of drug-likeness (QED) is 0.275. The Kier molecular flexibility index (Phi) is 9.04. The van der Waals surface area contributed by atoms with Crippen LogP contribution in [0.4, 0.5) is 0 Å². The summed E-state index contributed by atoms with van der Waals surface area (Å²) in [5.74, 6) is -1.98. The molecule has 4 aliphatic carbocycles. The van der Waals surface area contributed by atoms with Gasteiger partial charge in [-0.05, 0) is 86.0 Å². The number of ether oxygens (including phenoxy) is 1. The molecular formula is C22H39N3O11S2. The average Bonchev–Trinajstić information content (AvgIpc) is 3.47. The van der Waals surface area contributed by atoms with Crippen molar-refractivity contribution in [1.29, 1.82) is 0 Å². The lowest BCUT2D eigenvalue weighted by atomic mass is 10.0. The van der Waals surface area contributed by atoms with Crippen LogP contribution in [0.1, 0.15) is 92.4 Å². The number of carbonyl (C=O) groups is 3. The maximum absolute atomic E-state index is 11.4. The molecule has 38 heavy (non-hydrogen) atoms. The predicted octanol–water partition coefficient (Wildman–Crippen LogP) is 0.750. The van der Waals surface area contributed by atoms with Gasteiger partial charge in [0.2, 0.25) is 0 Å². The normalized spacial score (nSPS) is 22.7. The van der Waals surface area contributed by atoms with Crippen molar-refractivity contribution in [2.24, 2.45) is 16.3 Å². The molecule has 0 saturated heterocycles. The highest BCUT2D eigenvalue weighted by molar-refractivity contribution is 7.85. The minimum Gasteiger partial charge on any atom is -0.481 e. The van der Waals surface area contributed by atoms with Crippen molar-refractivity contribution in [2.45, 2.75) is 115 Å². The summed E-state index contributed by atoms with van der Waals surface area (Å²) in [5, 5.41) is 13.5. The molecule has 0 unspecified atom stereocenters. The molecule has 4 rings (SSSR count). The number of nitrogens with one attached hydrogen (secondary N) is 1. The van der Waals surface area contributed by atoms with Crippen LogP contribution in [0.2, 0.25) is 0 Å². The number of hydrogen-bond donors (Lipinski definition) is 4. The minimum absolute atomic E-state index is 0.000394. The first-order chi connectivity index (χ1) is 16.9. The van der Waals surface area contributed by atoms with Gasteiger partial charge >= 0.3 is 32.5 Å². The Hall–Kier alpha value is -1.85. The van der Waals surface area contributed by atoms with Gasteiger partial charge in [-0.3, -0.25) is 18.6 Å². The van der Waals surface area contributed by atoms with Crippen molar-refractivity contribution in [3.05, 3.63) is 0 Å². The summed E-state index contributed by atoms with van der Waals surface area (Å²) in [4.78, 5) is 33.5. The Morgan fingerprint density at radius 1 is 0.868 bits per heavy atom. The average molecular weight is 586 g/mol. The number of nitrogens with two attached hydrogens (primary N) is 2. The fraction of sp³-hybridized carbons (Fsp3) is 0.864. The largest absolute Gasteiger partial charge is 0.481 e. The van der Waals surface area contributed by atoms with Crippen LogP contribution in [-0.2, 0) is 48.1 Å². The van der Waals surface area contributed by atoms with E-state index in [1.165, 1.54) is 0 Å². The van der Waals surface area contributed by atoms with Gasteiger partial charge in [0.05, 0.1) is 28.6 Å². The van der Waals surface area contributed by atoms with Crippen molar-refractivity contribution >= 4 is 38.5 Å². The third-order valence-electron chi connectivity index (χ3n) is 6.21. The van der Waals surface area contributed by atoms with E-state index in [0.717, 1.165) is 12.8 Å². The molecule has 0 aromatic heterocycles. The van der Waals surface area contributed by atoms with Gasteiger partial charge in [0, 0.05) is 0 Å². The standard InChI is InChI=1S/C10H16O4.C8H14N2O4S.C4H9NO3S/c1-9(2,3)14-7(11)6-10(4-5-10)8(12)13;1-7(2-3-7)14-15(12,13)10-6(11)8(9)4-5-8;1-4(2-3-4)8-9(5,6)7/h4-6H2,1-3H3,(H,12,13);2-5,9H2,1H3,(H,10,11);2-3H2,1H3,(H2,5,6,7). The summed E-state index contributed by atoms with van der Waals surface area (Å²) in [7, 11) is -7.72. The summed E-state index contributed by atoms with van der Waals surface area (Å²) in [5.41, 5.74) is 2.09. The summed E-state index contributed by atoms with van der Waals surface area (Å²) < 4.78 is 59.4. The maximum atomic E-state index is 11.4. The molecule has 0 aliphatic heterocycles. The zero-order chi connectivity index (χ0) is 29.4. The van der Waals surface area contributed by atoms with Crippen molar-refractivity contribution < 1.29 is 49.4 Å². The van der Waals surface area contributed by atoms with Gasteiger partial charge in [-0.1, -0.05) is 0 Å². The highest BCUT2D eigenvalue weighted by Gasteiger charge is 2.52. The third-order valence-corrected chi connectivity index (χ3v) is 7.90. The molecule has 14 nitrogen and oxygen atoms in total. The van der Waals surface area contributed by atoms with Gasteiger partial charge < -0.3 is 15.6 Å². The number of hydrogen-bond acceptors (Lipinski definition) is 11. The molecule has 0 spiro atoms. The second kappa shape index (κ2) is 10.6. The van der Waals surface area contributed by atoms with Crippen LogP contribution >= 0.6 is 0 Å². The van der Waals surface area contributed by atoms with E-state index < -0.39 is 66.2 Å². The van der Waals surface area contributed by atoms with Crippen LogP contribution in [0.5, 0.6) is 0 Å². The summed E-state index contributed by atoms with van der Waals surface area (Å²) in [6.45, 7) is 8.71. The molecule has 0 bridgehead atoms. The van der Waals surface area contributed by atoms with Gasteiger partial charge in [0.1, 0.15) is 5.60 Å². The monoisotopic (exact) mass is 585 g/mol. The first kappa shape index (κ1) is 32.4. The second-order valence-corrected chi connectivity index (χ2v) is 14.4. The maximum Gasteiger partial charge on any atom is 0.362 e. The molecule has 0 aromatic rings. The van der Waals surface area contributed by atoms with Crippen LogP contribution in [0, 0.1) is 5.41 Å². The lowest BCUT2D eigenvalue weighted by Crippen LogP contribution is -2.46. The molecule has 1 amide bonds. The Morgan fingerprint density at radius 2 is 1.32 bits per heavy atom. The Morgan fingerprint density at radius 3 is 1.61 bits per heavy atom. The number of aliphatic carboxylic acids is 1. The van der Waals surface area contributed by atoms with E-state index in [2.05, 4.69) is 9.32 Å². The fourth-order valence-corrected chi connectivity index (χ4v) is 4.83. The summed E-state index contributed by atoms with van der Waals surface area (Å²) in [6, 6.07) is 0. The first-order valence-electron chi connectivity index (χ1n) is 12.2. The lowest BCUT2D eigenvalue weighted by molar-refractivity contribution is -0.160. The van der Waals surface area contributed by atoms with E-state index in [0.29, 0.717) is 38.5 Å². The predicted molar refractivity (Wildman–Crippen MR) is 134 cm³/mol. The number of carboxylic acid groups (broad SMARTS) is 1. The van der Waals surface area contributed by atoms with Gasteiger partial charge in [-0.25, -0.2) is 14.0 Å². The van der Waals surface area contributed by atoms with E-state index in [4.69, 9.17) is 19.8 Å². The number of rotatable bonds is 9. The van der Waals surface area contributed by atoms with Gasteiger partial charge in [-0.2, -0.15) is 16.8 Å². The molecule has 0 heterocycles. The Labute approximate surface area is 223 Å². The molecule has 16 heteroatoms. The van der Waals surface area contributed by atoms with Crippen LogP contribution in [0.15, 0.2) is 0 Å². The van der Waals surface area contributed by atoms with Crippen LogP contribution in [0.25, 0.3) is 0 Å². The van der Waals surface area contributed by atoms with E-state index in [9.17, 15) is 31.2 Å². The van der Waals surface area contributed by atoms with Gasteiger partial charge in [0.25, 0.3) is 5.91 Å². The van der Waals surface area contributed by atoms with E-state index >= 15 is 0 Å². The zero-order valence-electron chi connectivity index (χ0n) is 22.4. The third kappa shape index (κ3) is 11.5. The molecular weight excluding hydrogens is 546 g/mol. The van der Waals surface area contributed by atoms with Crippen LogP contribution < -0.4 is 15.6 Å². The van der Waals surface area contributed by atoms with Crippen molar-refractivity contribution in [3.8, 4) is 0 Å². The molecule has 0 atom stereocenters. The Balaban J connectivity index is 0.000000207. The van der Waals surface area contributed by atoms with E-state index in [1.54, 1.807) is 34.6 Å². The van der Waals surface area contributed by atoms with Crippen molar-refractivity contribution in [1.82, 2.24) is 4.72 Å². The number of esters is 1. The number of amides is 1. The van der Waals surface area contributed by atoms with Crippen LogP contribution in [0.3, 0.4) is 0 Å². The summed E-state index contributed by atoms with van der Waals surface area (Å²) in [6.07, 6.45) is 5.15. The minimum atomic E-state index is -4.00. The van der Waals surface area contributed by atoms with Crippen LogP contribution in [-0.4, -0.2) is 62.1 Å². The lowest BCUT2D eigenvalue weighted by Gasteiger charge is -2.20. The number of carbonyl (C=O) groups excluding carboxylic acids is 2. The number of carboxylic acids is 1. The van der Waals surface area contributed by atoms with Gasteiger partial charge in [-0.15, -0.1) is 0 Å². The Bertz CT molecular complexity index is 1140. The molecule has 6 N–H and O–H groups in total. The molecule has 4 fully saturated rings. The molecule has 220 valence electrons. The van der Waals surface area contributed by atoms with Gasteiger partial charge in [0.15, 0.2) is 0 Å². The molecule has 4 aliphatic rings. The topological polar surface area (TPSA) is 231 Å². The SMILES string of the molecule is CC(C)(C)OC(=O)CC1(C(=O)O)CC1.CC1(OS(=O)(=O)NC(=O)C2(N)CC2)CC1.CC1(OS(N)(=O)=O)CC1. The van der Waals surface area contributed by atoms with Crippen molar-refractivity contribution in [3.63, 3.8) is 0 Å². The van der Waals surface area contributed by atoms with E-state index in [1.807, 2.05) is 4.72 Å². The second-order valence-electron chi connectivity index (χ2n) is 11.9. The van der Waals surface area contributed by atoms with E-state index in [-0.39, 0.29) is 6.42 Å². The fourth-order valence-electron chi connectivity index (χ4n) is 2.93. The highest BCUT2D eigenvalue weighted by Crippen LogP contribution is 2.49. The first-order valence-corrected chi connectivity index (χ1v) is 15.0. The van der Waals surface area contributed by atoms with Crippen molar-refractivity contribution in [2.75, 3.05) is 0 Å². The smallest absolute Gasteiger partial charge is 0.362 e. The highest BCUT2D eigenvalue weighted by atomic mass is 32.2. The zero-order valence-corrected chi connectivity index (χ0v) is 24.0. The molecule has 0 aromatic carbocycles. The summed E-state index contributed by atoms with van der Waals surface area (Å²) >= 11 is 0.